The highest BCUT2D eigenvalue weighted by molar-refractivity contribution is 5.79. The van der Waals surface area contributed by atoms with Gasteiger partial charge in [0, 0.05) is 48.5 Å². The van der Waals surface area contributed by atoms with E-state index in [1.54, 1.807) is 42.0 Å². The molecule has 0 unspecified atom stereocenters. The number of aromatic nitrogens is 4. The molecular formula is C19H15N5O3. The Hall–Kier alpha value is -3.81. The summed E-state index contributed by atoms with van der Waals surface area (Å²) >= 11 is 0. The third kappa shape index (κ3) is 2.67. The van der Waals surface area contributed by atoms with Gasteiger partial charge in [0.2, 0.25) is 12.7 Å². The van der Waals surface area contributed by atoms with Gasteiger partial charge in [0.25, 0.3) is 0 Å². The van der Waals surface area contributed by atoms with Gasteiger partial charge in [-0.05, 0) is 18.2 Å². The SMILES string of the molecule is CN(c1ccc2c(c1)OCO2)c1nc(-n2ccnc2)ncc1-c1ccoc1. The molecule has 0 amide bonds. The van der Waals surface area contributed by atoms with Crippen molar-refractivity contribution in [2.75, 3.05) is 18.7 Å². The van der Waals surface area contributed by atoms with Crippen LogP contribution in [0.25, 0.3) is 17.1 Å². The fourth-order valence-corrected chi connectivity index (χ4v) is 2.96. The first-order valence-electron chi connectivity index (χ1n) is 8.31. The minimum atomic E-state index is 0.237. The van der Waals surface area contributed by atoms with E-state index >= 15 is 0 Å². The Morgan fingerprint density at radius 3 is 2.89 bits per heavy atom. The van der Waals surface area contributed by atoms with Crippen molar-refractivity contribution in [3.8, 4) is 28.6 Å². The molecule has 0 bridgehead atoms. The van der Waals surface area contributed by atoms with Crippen molar-refractivity contribution in [2.24, 2.45) is 0 Å². The van der Waals surface area contributed by atoms with Crippen LogP contribution in [-0.2, 0) is 0 Å². The molecule has 8 heteroatoms. The number of rotatable bonds is 4. The molecule has 27 heavy (non-hydrogen) atoms. The van der Waals surface area contributed by atoms with Crippen LogP contribution >= 0.6 is 0 Å². The Kier molecular flexibility index (Phi) is 3.53. The van der Waals surface area contributed by atoms with Crippen molar-refractivity contribution in [3.63, 3.8) is 0 Å². The Labute approximate surface area is 154 Å². The maximum Gasteiger partial charge on any atom is 0.236 e. The van der Waals surface area contributed by atoms with E-state index < -0.39 is 0 Å². The molecule has 134 valence electrons. The smallest absolute Gasteiger partial charge is 0.236 e. The second-order valence-corrected chi connectivity index (χ2v) is 5.99. The van der Waals surface area contributed by atoms with E-state index in [1.807, 2.05) is 36.2 Å². The molecule has 0 aliphatic carbocycles. The van der Waals surface area contributed by atoms with Crippen molar-refractivity contribution in [1.82, 2.24) is 19.5 Å². The number of benzene rings is 1. The zero-order chi connectivity index (χ0) is 18.2. The van der Waals surface area contributed by atoms with Crippen molar-refractivity contribution < 1.29 is 13.9 Å². The normalized spacial score (nSPS) is 12.3. The van der Waals surface area contributed by atoms with Gasteiger partial charge in [-0.2, -0.15) is 4.98 Å². The van der Waals surface area contributed by atoms with E-state index in [0.29, 0.717) is 11.7 Å². The van der Waals surface area contributed by atoms with Crippen molar-refractivity contribution in [2.45, 2.75) is 0 Å². The van der Waals surface area contributed by atoms with Crippen LogP contribution in [0, 0.1) is 0 Å². The van der Waals surface area contributed by atoms with Crippen LogP contribution in [0.1, 0.15) is 0 Å². The van der Waals surface area contributed by atoms with Crippen LogP contribution in [0.5, 0.6) is 11.5 Å². The summed E-state index contributed by atoms with van der Waals surface area (Å²) in [5.74, 6) is 2.72. The number of anilines is 2. The molecule has 3 aromatic heterocycles. The Morgan fingerprint density at radius 2 is 2.07 bits per heavy atom. The number of ether oxygens (including phenoxy) is 2. The van der Waals surface area contributed by atoms with Crippen molar-refractivity contribution >= 4 is 11.5 Å². The van der Waals surface area contributed by atoms with E-state index in [2.05, 4.69) is 9.97 Å². The van der Waals surface area contributed by atoms with Gasteiger partial charge in [-0.25, -0.2) is 9.97 Å². The predicted octanol–water partition coefficient (Wildman–Crippen LogP) is 3.42. The average Bonchev–Trinajstić information content (AvgIpc) is 3.48. The summed E-state index contributed by atoms with van der Waals surface area (Å²) in [7, 11) is 1.95. The molecule has 0 saturated carbocycles. The standard InChI is InChI=1S/C19H15N5O3/c1-23(14-2-3-16-17(8-14)27-12-26-16)18-15(13-4-7-25-10-13)9-21-19(22-18)24-6-5-20-11-24/h2-11H,12H2,1H3. The lowest BCUT2D eigenvalue weighted by molar-refractivity contribution is 0.174. The van der Waals surface area contributed by atoms with Crippen LogP contribution in [0.15, 0.2) is 66.1 Å². The predicted molar refractivity (Wildman–Crippen MR) is 97.5 cm³/mol. The second-order valence-electron chi connectivity index (χ2n) is 5.99. The maximum absolute atomic E-state index is 5.50. The molecule has 0 atom stereocenters. The summed E-state index contributed by atoms with van der Waals surface area (Å²) in [4.78, 5) is 15.3. The third-order valence-electron chi connectivity index (χ3n) is 4.38. The van der Waals surface area contributed by atoms with Gasteiger partial charge in [-0.1, -0.05) is 0 Å². The number of imidazole rings is 1. The Bertz CT molecular complexity index is 1080. The van der Waals surface area contributed by atoms with E-state index in [9.17, 15) is 0 Å². The van der Waals surface area contributed by atoms with Gasteiger partial charge in [0.1, 0.15) is 12.1 Å². The number of fused-ring (bicyclic) bond motifs is 1. The van der Waals surface area contributed by atoms with E-state index in [0.717, 1.165) is 28.4 Å². The minimum Gasteiger partial charge on any atom is -0.472 e. The fourth-order valence-electron chi connectivity index (χ4n) is 2.96. The second kappa shape index (κ2) is 6.17. The van der Waals surface area contributed by atoms with E-state index in [4.69, 9.17) is 18.9 Å². The quantitative estimate of drug-likeness (QED) is 0.551. The lowest BCUT2D eigenvalue weighted by Crippen LogP contribution is -2.14. The van der Waals surface area contributed by atoms with Crippen molar-refractivity contribution in [1.29, 1.82) is 0 Å². The summed E-state index contributed by atoms with van der Waals surface area (Å²) in [5.41, 5.74) is 2.67. The molecule has 4 heterocycles. The lowest BCUT2D eigenvalue weighted by Gasteiger charge is -2.21. The molecule has 0 saturated heterocycles. The van der Waals surface area contributed by atoms with E-state index in [-0.39, 0.29) is 6.79 Å². The maximum atomic E-state index is 5.50. The summed E-state index contributed by atoms with van der Waals surface area (Å²) in [5, 5.41) is 0. The summed E-state index contributed by atoms with van der Waals surface area (Å²) in [6.07, 6.45) is 10.2. The largest absolute Gasteiger partial charge is 0.472 e. The highest BCUT2D eigenvalue weighted by atomic mass is 16.7. The van der Waals surface area contributed by atoms with Gasteiger partial charge in [-0.15, -0.1) is 0 Å². The van der Waals surface area contributed by atoms with Gasteiger partial charge >= 0.3 is 0 Å². The molecular weight excluding hydrogens is 346 g/mol. The first-order chi connectivity index (χ1) is 13.3. The number of furan rings is 1. The number of hydrogen-bond donors (Lipinski definition) is 0. The molecule has 1 aromatic carbocycles. The van der Waals surface area contributed by atoms with Gasteiger partial charge in [-0.3, -0.25) is 4.57 Å². The Morgan fingerprint density at radius 1 is 1.15 bits per heavy atom. The van der Waals surface area contributed by atoms with E-state index in [1.165, 1.54) is 0 Å². The summed E-state index contributed by atoms with van der Waals surface area (Å²) < 4.78 is 17.9. The van der Waals surface area contributed by atoms with Crippen LogP contribution in [0.2, 0.25) is 0 Å². The number of hydrogen-bond acceptors (Lipinski definition) is 7. The average molecular weight is 361 g/mol. The minimum absolute atomic E-state index is 0.237. The number of nitrogens with zero attached hydrogens (tertiary/aromatic N) is 5. The van der Waals surface area contributed by atoms with Crippen LogP contribution < -0.4 is 14.4 Å². The molecule has 8 nitrogen and oxygen atoms in total. The topological polar surface area (TPSA) is 78.4 Å². The third-order valence-corrected chi connectivity index (χ3v) is 4.38. The van der Waals surface area contributed by atoms with Gasteiger partial charge < -0.3 is 18.8 Å². The Balaban J connectivity index is 1.63. The van der Waals surface area contributed by atoms with Crippen LogP contribution in [0.3, 0.4) is 0 Å². The fraction of sp³-hybridized carbons (Fsp3) is 0.105. The highest BCUT2D eigenvalue weighted by Crippen LogP contribution is 2.38. The summed E-state index contributed by atoms with van der Waals surface area (Å²) in [6.45, 7) is 0.237. The molecule has 5 rings (SSSR count). The highest BCUT2D eigenvalue weighted by Gasteiger charge is 2.19. The monoisotopic (exact) mass is 361 g/mol. The first kappa shape index (κ1) is 15.4. The first-order valence-corrected chi connectivity index (χ1v) is 8.31. The molecule has 1 aliphatic rings. The molecule has 1 aliphatic heterocycles. The summed E-state index contributed by atoms with van der Waals surface area (Å²) in [6, 6.07) is 7.67. The molecule has 0 fully saturated rings. The molecule has 4 aromatic rings. The molecule has 0 radical (unpaired) electrons. The molecule has 0 spiro atoms. The molecule has 0 N–H and O–H groups in total. The van der Waals surface area contributed by atoms with Gasteiger partial charge in [0.15, 0.2) is 11.5 Å². The van der Waals surface area contributed by atoms with Crippen molar-refractivity contribution in [3.05, 3.63) is 61.7 Å². The van der Waals surface area contributed by atoms with Crippen LogP contribution in [0.4, 0.5) is 11.5 Å². The zero-order valence-corrected chi connectivity index (χ0v) is 14.4. The van der Waals surface area contributed by atoms with Crippen LogP contribution in [-0.4, -0.2) is 33.4 Å². The lowest BCUT2D eigenvalue weighted by atomic mass is 10.1. The van der Waals surface area contributed by atoms with Gasteiger partial charge in [0.05, 0.1) is 12.5 Å². The zero-order valence-electron chi connectivity index (χ0n) is 14.4.